The van der Waals surface area contributed by atoms with Crippen LogP contribution in [0.1, 0.15) is 6.92 Å². The third-order valence-corrected chi connectivity index (χ3v) is 2.94. The summed E-state index contributed by atoms with van der Waals surface area (Å²) in [6.45, 7) is 2.78. The van der Waals surface area contributed by atoms with E-state index in [2.05, 4.69) is 36.2 Å². The second-order valence-corrected chi connectivity index (χ2v) is 4.52. The minimum absolute atomic E-state index is 0.509. The van der Waals surface area contributed by atoms with Gasteiger partial charge in [0.25, 0.3) is 0 Å². The number of hydrogen-bond acceptors (Lipinski definition) is 4. The summed E-state index contributed by atoms with van der Waals surface area (Å²) < 4.78 is 0.815. The molecule has 2 aromatic heterocycles. The molecule has 0 aromatic carbocycles. The summed E-state index contributed by atoms with van der Waals surface area (Å²) in [5, 5.41) is 3.68. The Hall–Kier alpha value is -1.20. The zero-order chi connectivity index (χ0) is 12.3. The third-order valence-electron chi connectivity index (χ3n) is 2.06. The van der Waals surface area contributed by atoms with Crippen LogP contribution in [0.2, 0.25) is 5.02 Å². The second kappa shape index (κ2) is 5.42. The number of halogens is 2. The molecule has 2 rings (SSSR count). The van der Waals surface area contributed by atoms with Gasteiger partial charge in [-0.1, -0.05) is 11.6 Å². The standard InChI is InChI=1S/C11H10BrClN4/c1-2-14-10-7(12)6-16-11(17-10)9-8(13)4-3-5-15-9/h3-6H,2H2,1H3,(H,14,16,17). The minimum Gasteiger partial charge on any atom is -0.369 e. The highest BCUT2D eigenvalue weighted by molar-refractivity contribution is 9.10. The summed E-state index contributed by atoms with van der Waals surface area (Å²) in [6.07, 6.45) is 3.35. The van der Waals surface area contributed by atoms with Gasteiger partial charge in [-0.3, -0.25) is 4.98 Å². The van der Waals surface area contributed by atoms with Crippen molar-refractivity contribution in [2.75, 3.05) is 11.9 Å². The van der Waals surface area contributed by atoms with Crippen LogP contribution in [-0.2, 0) is 0 Å². The molecule has 17 heavy (non-hydrogen) atoms. The van der Waals surface area contributed by atoms with E-state index < -0.39 is 0 Å². The van der Waals surface area contributed by atoms with Crippen LogP contribution in [0.25, 0.3) is 11.5 Å². The van der Waals surface area contributed by atoms with Gasteiger partial charge in [0.15, 0.2) is 5.82 Å². The summed E-state index contributed by atoms with van der Waals surface area (Å²) >= 11 is 9.43. The lowest BCUT2D eigenvalue weighted by molar-refractivity contribution is 1.09. The second-order valence-electron chi connectivity index (χ2n) is 3.25. The molecule has 0 saturated heterocycles. The summed E-state index contributed by atoms with van der Waals surface area (Å²) in [4.78, 5) is 12.8. The van der Waals surface area contributed by atoms with E-state index in [-0.39, 0.29) is 0 Å². The van der Waals surface area contributed by atoms with Crippen molar-refractivity contribution in [1.82, 2.24) is 15.0 Å². The lowest BCUT2D eigenvalue weighted by Crippen LogP contribution is -2.03. The number of nitrogens with zero attached hydrogens (tertiary/aromatic N) is 3. The Morgan fingerprint density at radius 1 is 1.41 bits per heavy atom. The maximum atomic E-state index is 6.05. The fourth-order valence-electron chi connectivity index (χ4n) is 1.32. The number of nitrogens with one attached hydrogen (secondary N) is 1. The molecule has 0 unspecified atom stereocenters. The van der Waals surface area contributed by atoms with Crippen LogP contribution in [-0.4, -0.2) is 21.5 Å². The first-order chi connectivity index (χ1) is 8.22. The molecule has 6 heteroatoms. The molecule has 2 heterocycles. The highest BCUT2D eigenvalue weighted by Crippen LogP contribution is 2.25. The Balaban J connectivity index is 2.46. The molecular formula is C11H10BrClN4. The Labute approximate surface area is 113 Å². The van der Waals surface area contributed by atoms with Crippen molar-refractivity contribution >= 4 is 33.3 Å². The molecule has 2 aromatic rings. The number of anilines is 1. The largest absolute Gasteiger partial charge is 0.369 e. The molecule has 0 aliphatic carbocycles. The maximum absolute atomic E-state index is 6.05. The van der Waals surface area contributed by atoms with Crippen molar-refractivity contribution in [1.29, 1.82) is 0 Å². The van der Waals surface area contributed by atoms with Gasteiger partial charge in [-0.2, -0.15) is 0 Å². The van der Waals surface area contributed by atoms with Crippen molar-refractivity contribution in [3.63, 3.8) is 0 Å². The molecule has 0 aliphatic rings. The highest BCUT2D eigenvalue weighted by atomic mass is 79.9. The number of hydrogen-bond donors (Lipinski definition) is 1. The molecule has 0 aliphatic heterocycles. The average molecular weight is 314 g/mol. The van der Waals surface area contributed by atoms with Gasteiger partial charge in [-0.15, -0.1) is 0 Å². The first-order valence-electron chi connectivity index (χ1n) is 5.09. The van der Waals surface area contributed by atoms with Crippen molar-refractivity contribution in [2.45, 2.75) is 6.92 Å². The quantitative estimate of drug-likeness (QED) is 0.943. The van der Waals surface area contributed by atoms with Gasteiger partial charge in [0.1, 0.15) is 11.5 Å². The summed E-state index contributed by atoms with van der Waals surface area (Å²) in [6, 6.07) is 3.54. The zero-order valence-electron chi connectivity index (χ0n) is 9.11. The van der Waals surface area contributed by atoms with E-state index in [4.69, 9.17) is 11.6 Å². The number of rotatable bonds is 3. The van der Waals surface area contributed by atoms with E-state index in [0.717, 1.165) is 16.8 Å². The fourth-order valence-corrected chi connectivity index (χ4v) is 1.86. The van der Waals surface area contributed by atoms with Gasteiger partial charge in [0.05, 0.1) is 9.50 Å². The van der Waals surface area contributed by atoms with Crippen molar-refractivity contribution in [2.24, 2.45) is 0 Å². The van der Waals surface area contributed by atoms with Crippen molar-refractivity contribution < 1.29 is 0 Å². The minimum atomic E-state index is 0.509. The summed E-state index contributed by atoms with van der Waals surface area (Å²) in [7, 11) is 0. The van der Waals surface area contributed by atoms with Crippen LogP contribution in [0.3, 0.4) is 0 Å². The first kappa shape index (κ1) is 12.3. The van der Waals surface area contributed by atoms with Crippen LogP contribution in [0, 0.1) is 0 Å². The molecule has 0 fully saturated rings. The lowest BCUT2D eigenvalue weighted by atomic mass is 10.3. The monoisotopic (exact) mass is 312 g/mol. The van der Waals surface area contributed by atoms with Crippen LogP contribution in [0.15, 0.2) is 29.0 Å². The van der Waals surface area contributed by atoms with Gasteiger partial charge in [-0.05, 0) is 35.0 Å². The third kappa shape index (κ3) is 2.73. The SMILES string of the molecule is CCNc1nc(-c2ncccc2Cl)ncc1Br. The molecule has 0 amide bonds. The molecule has 88 valence electrons. The predicted octanol–water partition coefficient (Wildman–Crippen LogP) is 3.39. The lowest BCUT2D eigenvalue weighted by Gasteiger charge is -2.07. The topological polar surface area (TPSA) is 50.7 Å². The molecule has 0 spiro atoms. The van der Waals surface area contributed by atoms with Gasteiger partial charge in [0.2, 0.25) is 0 Å². The van der Waals surface area contributed by atoms with Crippen molar-refractivity contribution in [3.8, 4) is 11.5 Å². The summed E-state index contributed by atoms with van der Waals surface area (Å²) in [5.74, 6) is 1.24. The fraction of sp³-hybridized carbons (Fsp3) is 0.182. The van der Waals surface area contributed by atoms with Crippen LogP contribution >= 0.6 is 27.5 Å². The maximum Gasteiger partial charge on any atom is 0.181 e. The van der Waals surface area contributed by atoms with E-state index >= 15 is 0 Å². The van der Waals surface area contributed by atoms with E-state index in [1.54, 1.807) is 24.5 Å². The Bertz CT molecular complexity index is 533. The summed E-state index contributed by atoms with van der Waals surface area (Å²) in [5.41, 5.74) is 0.584. The normalized spacial score (nSPS) is 10.3. The van der Waals surface area contributed by atoms with E-state index in [9.17, 15) is 0 Å². The molecule has 0 saturated carbocycles. The molecule has 1 N–H and O–H groups in total. The van der Waals surface area contributed by atoms with Gasteiger partial charge in [0, 0.05) is 18.9 Å². The van der Waals surface area contributed by atoms with Gasteiger partial charge < -0.3 is 5.32 Å². The van der Waals surface area contributed by atoms with Crippen LogP contribution in [0.4, 0.5) is 5.82 Å². The molecular weight excluding hydrogens is 304 g/mol. The predicted molar refractivity (Wildman–Crippen MR) is 72.1 cm³/mol. The number of pyridine rings is 1. The van der Waals surface area contributed by atoms with Crippen LogP contribution in [0.5, 0.6) is 0 Å². The molecule has 4 nitrogen and oxygen atoms in total. The first-order valence-corrected chi connectivity index (χ1v) is 6.26. The average Bonchev–Trinajstić information content (AvgIpc) is 2.33. The van der Waals surface area contributed by atoms with Gasteiger partial charge in [-0.25, -0.2) is 9.97 Å². The zero-order valence-corrected chi connectivity index (χ0v) is 11.5. The highest BCUT2D eigenvalue weighted by Gasteiger charge is 2.10. The molecule has 0 radical (unpaired) electrons. The molecule has 0 bridgehead atoms. The smallest absolute Gasteiger partial charge is 0.181 e. The Morgan fingerprint density at radius 3 is 2.94 bits per heavy atom. The van der Waals surface area contributed by atoms with Crippen molar-refractivity contribution in [3.05, 3.63) is 34.0 Å². The van der Waals surface area contributed by atoms with E-state index in [1.807, 2.05) is 6.92 Å². The number of aromatic nitrogens is 3. The Morgan fingerprint density at radius 2 is 2.24 bits per heavy atom. The van der Waals surface area contributed by atoms with E-state index in [0.29, 0.717) is 16.5 Å². The molecule has 0 atom stereocenters. The van der Waals surface area contributed by atoms with Crippen LogP contribution < -0.4 is 5.32 Å². The van der Waals surface area contributed by atoms with E-state index in [1.165, 1.54) is 0 Å². The van der Waals surface area contributed by atoms with Gasteiger partial charge >= 0.3 is 0 Å². The Kier molecular flexibility index (Phi) is 3.91.